The molecule has 0 aliphatic carbocycles. The first kappa shape index (κ1) is 22.5. The van der Waals surface area contributed by atoms with Gasteiger partial charge in [0.15, 0.2) is 17.5 Å². The monoisotopic (exact) mass is 419 g/mol. The molecule has 2 aromatic rings. The molecule has 0 bridgehead atoms. The molecule has 0 radical (unpaired) electrons. The van der Waals surface area contributed by atoms with Crippen LogP contribution in [0, 0.1) is 0 Å². The maximum Gasteiger partial charge on any atom is 0.203 e. The predicted molar refractivity (Wildman–Crippen MR) is 119 cm³/mol. The van der Waals surface area contributed by atoms with Crippen LogP contribution in [-0.4, -0.2) is 50.3 Å². The van der Waals surface area contributed by atoms with Crippen LogP contribution >= 0.6 is 0 Å². The van der Waals surface area contributed by atoms with Gasteiger partial charge in [0, 0.05) is 46.7 Å². The standard InChI is InChI=1S/C21H29N3O4S/c1-5-22-21(23-11-12-29(25)15-16-9-7-6-8-10-16)24-17-13-18(26-2)20(28-4)19(14-17)27-3/h6-10,13-14H,5,11-12,15H2,1-4H3,(H2,22,23,24). The fraction of sp³-hybridized carbons (Fsp3) is 0.381. The molecule has 0 heterocycles. The third kappa shape index (κ3) is 6.98. The maximum atomic E-state index is 12.3. The Labute approximate surface area is 174 Å². The molecule has 29 heavy (non-hydrogen) atoms. The fourth-order valence-electron chi connectivity index (χ4n) is 2.69. The van der Waals surface area contributed by atoms with E-state index in [2.05, 4.69) is 15.6 Å². The molecule has 2 N–H and O–H groups in total. The van der Waals surface area contributed by atoms with Gasteiger partial charge >= 0.3 is 0 Å². The van der Waals surface area contributed by atoms with E-state index in [-0.39, 0.29) is 0 Å². The first-order valence-corrected chi connectivity index (χ1v) is 10.8. The summed E-state index contributed by atoms with van der Waals surface area (Å²) < 4.78 is 28.4. The zero-order valence-electron chi connectivity index (χ0n) is 17.4. The van der Waals surface area contributed by atoms with Gasteiger partial charge in [0.25, 0.3) is 0 Å². The Morgan fingerprint density at radius 3 is 2.24 bits per heavy atom. The SMILES string of the molecule is CCNC(=NCCS(=O)Cc1ccccc1)Nc1cc(OC)c(OC)c(OC)c1. The topological polar surface area (TPSA) is 81.2 Å². The molecular weight excluding hydrogens is 390 g/mol. The molecule has 0 aromatic heterocycles. The molecule has 0 aliphatic heterocycles. The normalized spacial score (nSPS) is 12.2. The lowest BCUT2D eigenvalue weighted by atomic mass is 10.2. The molecule has 0 aliphatic rings. The van der Waals surface area contributed by atoms with Crippen LogP contribution in [0.5, 0.6) is 17.2 Å². The van der Waals surface area contributed by atoms with E-state index in [0.717, 1.165) is 11.3 Å². The first-order chi connectivity index (χ1) is 14.1. The number of benzene rings is 2. The van der Waals surface area contributed by atoms with Gasteiger partial charge in [-0.1, -0.05) is 30.3 Å². The number of nitrogens with one attached hydrogen (secondary N) is 2. The maximum absolute atomic E-state index is 12.3. The lowest BCUT2D eigenvalue weighted by molar-refractivity contribution is 0.324. The van der Waals surface area contributed by atoms with Gasteiger partial charge < -0.3 is 24.8 Å². The van der Waals surface area contributed by atoms with Crippen molar-refractivity contribution < 1.29 is 18.4 Å². The summed E-state index contributed by atoms with van der Waals surface area (Å²) in [7, 11) is 3.74. The summed E-state index contributed by atoms with van der Waals surface area (Å²) in [5, 5.41) is 6.41. The molecular formula is C21H29N3O4S. The molecule has 0 saturated heterocycles. The molecule has 8 heteroatoms. The Balaban J connectivity index is 2.04. The second-order valence-electron chi connectivity index (χ2n) is 6.07. The summed E-state index contributed by atoms with van der Waals surface area (Å²) in [5.41, 5.74) is 1.81. The molecule has 0 saturated carbocycles. The van der Waals surface area contributed by atoms with E-state index in [9.17, 15) is 4.21 Å². The van der Waals surface area contributed by atoms with E-state index in [1.165, 1.54) is 0 Å². The smallest absolute Gasteiger partial charge is 0.203 e. The summed E-state index contributed by atoms with van der Waals surface area (Å²) >= 11 is 0. The summed E-state index contributed by atoms with van der Waals surface area (Å²) in [6.45, 7) is 3.13. The van der Waals surface area contributed by atoms with Crippen LogP contribution in [0.4, 0.5) is 5.69 Å². The number of aliphatic imine (C=N–C) groups is 1. The van der Waals surface area contributed by atoms with E-state index in [1.807, 2.05) is 49.4 Å². The van der Waals surface area contributed by atoms with Crippen LogP contribution in [-0.2, 0) is 16.6 Å². The van der Waals surface area contributed by atoms with Crippen molar-refractivity contribution in [3.63, 3.8) is 0 Å². The lowest BCUT2D eigenvalue weighted by Crippen LogP contribution is -2.31. The Morgan fingerprint density at radius 2 is 1.69 bits per heavy atom. The molecule has 0 amide bonds. The highest BCUT2D eigenvalue weighted by Crippen LogP contribution is 2.39. The average molecular weight is 420 g/mol. The second-order valence-corrected chi connectivity index (χ2v) is 7.65. The Kier molecular flexibility index (Phi) is 9.30. The van der Waals surface area contributed by atoms with E-state index in [4.69, 9.17) is 14.2 Å². The van der Waals surface area contributed by atoms with Gasteiger partial charge in [-0.25, -0.2) is 0 Å². The molecule has 7 nitrogen and oxygen atoms in total. The highest BCUT2D eigenvalue weighted by atomic mass is 32.2. The van der Waals surface area contributed by atoms with Gasteiger partial charge in [0.1, 0.15) is 0 Å². The summed E-state index contributed by atoms with van der Waals surface area (Å²) in [6, 6.07) is 13.4. The molecule has 2 aromatic carbocycles. The van der Waals surface area contributed by atoms with Gasteiger partial charge in [-0.2, -0.15) is 0 Å². The van der Waals surface area contributed by atoms with Crippen molar-refractivity contribution in [2.24, 2.45) is 4.99 Å². The minimum Gasteiger partial charge on any atom is -0.493 e. The second kappa shape index (κ2) is 12.0. The number of anilines is 1. The van der Waals surface area contributed by atoms with Crippen molar-refractivity contribution >= 4 is 22.4 Å². The van der Waals surface area contributed by atoms with Gasteiger partial charge in [-0.05, 0) is 12.5 Å². The number of ether oxygens (including phenoxy) is 3. The van der Waals surface area contributed by atoms with Crippen LogP contribution in [0.3, 0.4) is 0 Å². The first-order valence-electron chi connectivity index (χ1n) is 9.35. The molecule has 1 unspecified atom stereocenters. The molecule has 158 valence electrons. The third-order valence-corrected chi connectivity index (χ3v) is 5.32. The van der Waals surface area contributed by atoms with Gasteiger partial charge in [0.05, 0.1) is 27.9 Å². The van der Waals surface area contributed by atoms with Crippen molar-refractivity contribution in [3.05, 3.63) is 48.0 Å². The van der Waals surface area contributed by atoms with E-state index in [1.54, 1.807) is 21.3 Å². The highest BCUT2D eigenvalue weighted by Gasteiger charge is 2.14. The third-order valence-electron chi connectivity index (χ3n) is 4.03. The Bertz CT molecular complexity index is 803. The van der Waals surface area contributed by atoms with Gasteiger partial charge in [-0.15, -0.1) is 0 Å². The average Bonchev–Trinajstić information content (AvgIpc) is 2.73. The van der Waals surface area contributed by atoms with Crippen LogP contribution in [0.25, 0.3) is 0 Å². The molecule has 2 rings (SSSR count). The summed E-state index contributed by atoms with van der Waals surface area (Å²) in [6.07, 6.45) is 0. The largest absolute Gasteiger partial charge is 0.493 e. The van der Waals surface area contributed by atoms with E-state index < -0.39 is 10.8 Å². The van der Waals surface area contributed by atoms with Gasteiger partial charge in [0.2, 0.25) is 5.75 Å². The van der Waals surface area contributed by atoms with Crippen molar-refractivity contribution in [1.82, 2.24) is 5.32 Å². The number of guanidine groups is 1. The summed E-state index contributed by atoms with van der Waals surface area (Å²) in [4.78, 5) is 4.53. The lowest BCUT2D eigenvalue weighted by Gasteiger charge is -2.16. The van der Waals surface area contributed by atoms with Gasteiger partial charge in [-0.3, -0.25) is 9.20 Å². The minimum atomic E-state index is -0.972. The molecule has 1 atom stereocenters. The number of methoxy groups -OCH3 is 3. The number of nitrogens with zero attached hydrogens (tertiary/aromatic N) is 1. The summed E-state index contributed by atoms with van der Waals surface area (Å²) in [5.74, 6) is 3.24. The van der Waals surface area contributed by atoms with Crippen molar-refractivity contribution in [2.75, 3.05) is 45.5 Å². The molecule has 0 spiro atoms. The quantitative estimate of drug-likeness (QED) is 0.455. The molecule has 0 fully saturated rings. The van der Waals surface area contributed by atoms with Crippen LogP contribution in [0.15, 0.2) is 47.5 Å². The Hall–Kier alpha value is -2.74. The van der Waals surface area contributed by atoms with Crippen molar-refractivity contribution in [3.8, 4) is 17.2 Å². The zero-order valence-corrected chi connectivity index (χ0v) is 18.2. The predicted octanol–water partition coefficient (Wildman–Crippen LogP) is 3.04. The number of hydrogen-bond donors (Lipinski definition) is 2. The van der Waals surface area contributed by atoms with E-state index >= 15 is 0 Å². The van der Waals surface area contributed by atoms with E-state index in [0.29, 0.717) is 47.8 Å². The van der Waals surface area contributed by atoms with Crippen LogP contribution < -0.4 is 24.8 Å². The highest BCUT2D eigenvalue weighted by molar-refractivity contribution is 7.84. The zero-order chi connectivity index (χ0) is 21.1. The fourth-order valence-corrected chi connectivity index (χ4v) is 3.69. The Morgan fingerprint density at radius 1 is 1.03 bits per heavy atom. The number of rotatable bonds is 10. The van der Waals surface area contributed by atoms with Crippen LogP contribution in [0.2, 0.25) is 0 Å². The number of hydrogen-bond acceptors (Lipinski definition) is 5. The van der Waals surface area contributed by atoms with Crippen molar-refractivity contribution in [1.29, 1.82) is 0 Å². The van der Waals surface area contributed by atoms with Crippen molar-refractivity contribution in [2.45, 2.75) is 12.7 Å². The minimum absolute atomic E-state index is 0.444. The van der Waals surface area contributed by atoms with Crippen LogP contribution in [0.1, 0.15) is 12.5 Å².